The molecule has 1 saturated heterocycles. The predicted molar refractivity (Wildman–Crippen MR) is 68.2 cm³/mol. The molecular formula is C13H19N3O2. The Labute approximate surface area is 107 Å². The molecule has 1 aromatic rings. The van der Waals surface area contributed by atoms with E-state index in [-0.39, 0.29) is 23.4 Å². The molecule has 3 N–H and O–H groups in total. The van der Waals surface area contributed by atoms with E-state index in [1.54, 1.807) is 11.0 Å². The normalized spacial score (nSPS) is 18.7. The fourth-order valence-corrected chi connectivity index (χ4v) is 2.34. The molecule has 1 aliphatic heterocycles. The Morgan fingerprint density at radius 1 is 1.56 bits per heavy atom. The van der Waals surface area contributed by atoms with Gasteiger partial charge in [0.1, 0.15) is 5.75 Å². The second kappa shape index (κ2) is 5.35. The van der Waals surface area contributed by atoms with E-state index >= 15 is 0 Å². The summed E-state index contributed by atoms with van der Waals surface area (Å²) in [5.74, 6) is 0.222. The van der Waals surface area contributed by atoms with Crippen LogP contribution in [0, 0.1) is 5.92 Å². The number of aromatic hydroxyl groups is 1. The first kappa shape index (κ1) is 12.8. The summed E-state index contributed by atoms with van der Waals surface area (Å²) in [5.41, 5.74) is 6.00. The standard InChI is InChI=1S/C13H19N3O2/c1-9(14)10-4-7-16(8-5-10)13(18)12-11(17)3-2-6-15-12/h2-3,6,9-10,17H,4-5,7-8,14H2,1H3. The molecule has 1 unspecified atom stereocenters. The number of pyridine rings is 1. The van der Waals surface area contributed by atoms with Crippen molar-refractivity contribution < 1.29 is 9.90 Å². The van der Waals surface area contributed by atoms with Gasteiger partial charge in [-0.05, 0) is 37.8 Å². The first-order valence-electron chi connectivity index (χ1n) is 6.28. The number of aromatic nitrogens is 1. The molecule has 2 rings (SSSR count). The molecule has 98 valence electrons. The largest absolute Gasteiger partial charge is 0.505 e. The minimum Gasteiger partial charge on any atom is -0.505 e. The van der Waals surface area contributed by atoms with Crippen LogP contribution in [-0.2, 0) is 0 Å². The van der Waals surface area contributed by atoms with Gasteiger partial charge in [-0.2, -0.15) is 0 Å². The molecule has 1 fully saturated rings. The molecule has 0 aliphatic carbocycles. The minimum atomic E-state index is -0.198. The molecule has 1 aliphatic rings. The molecule has 0 spiro atoms. The third-order valence-corrected chi connectivity index (χ3v) is 3.56. The smallest absolute Gasteiger partial charge is 0.276 e. The van der Waals surface area contributed by atoms with Crippen molar-refractivity contribution >= 4 is 5.91 Å². The zero-order valence-corrected chi connectivity index (χ0v) is 10.5. The highest BCUT2D eigenvalue weighted by Gasteiger charge is 2.27. The lowest BCUT2D eigenvalue weighted by atomic mass is 9.91. The highest BCUT2D eigenvalue weighted by Crippen LogP contribution is 2.22. The number of rotatable bonds is 2. The number of nitrogens with two attached hydrogens (primary N) is 1. The lowest BCUT2D eigenvalue weighted by molar-refractivity contribution is 0.0671. The van der Waals surface area contributed by atoms with Crippen LogP contribution in [0.3, 0.4) is 0 Å². The Kier molecular flexibility index (Phi) is 3.81. The van der Waals surface area contributed by atoms with Crippen LogP contribution in [0.2, 0.25) is 0 Å². The van der Waals surface area contributed by atoms with Crippen LogP contribution in [0.15, 0.2) is 18.3 Å². The molecule has 0 saturated carbocycles. The summed E-state index contributed by atoms with van der Waals surface area (Å²) < 4.78 is 0. The van der Waals surface area contributed by atoms with E-state index in [1.807, 2.05) is 6.92 Å². The Bertz CT molecular complexity index is 426. The Morgan fingerprint density at radius 3 is 2.78 bits per heavy atom. The highest BCUT2D eigenvalue weighted by atomic mass is 16.3. The van der Waals surface area contributed by atoms with Crippen molar-refractivity contribution in [3.8, 4) is 5.75 Å². The van der Waals surface area contributed by atoms with Crippen LogP contribution >= 0.6 is 0 Å². The van der Waals surface area contributed by atoms with E-state index in [2.05, 4.69) is 4.98 Å². The van der Waals surface area contributed by atoms with Gasteiger partial charge in [0.05, 0.1) is 0 Å². The molecule has 0 bridgehead atoms. The van der Waals surface area contributed by atoms with E-state index in [1.165, 1.54) is 12.3 Å². The monoisotopic (exact) mass is 249 g/mol. The van der Waals surface area contributed by atoms with E-state index in [0.717, 1.165) is 12.8 Å². The average Bonchev–Trinajstić information content (AvgIpc) is 2.38. The van der Waals surface area contributed by atoms with Crippen LogP contribution in [0.1, 0.15) is 30.3 Å². The van der Waals surface area contributed by atoms with Gasteiger partial charge >= 0.3 is 0 Å². The molecule has 0 aromatic carbocycles. The van der Waals surface area contributed by atoms with Gasteiger partial charge in [-0.1, -0.05) is 0 Å². The maximum atomic E-state index is 12.2. The molecule has 18 heavy (non-hydrogen) atoms. The maximum absolute atomic E-state index is 12.2. The highest BCUT2D eigenvalue weighted by molar-refractivity contribution is 5.94. The Balaban J connectivity index is 2.02. The fourth-order valence-electron chi connectivity index (χ4n) is 2.34. The summed E-state index contributed by atoms with van der Waals surface area (Å²) in [6.07, 6.45) is 3.34. The zero-order chi connectivity index (χ0) is 13.1. The van der Waals surface area contributed by atoms with Gasteiger partial charge in [-0.25, -0.2) is 4.98 Å². The fraction of sp³-hybridized carbons (Fsp3) is 0.538. The summed E-state index contributed by atoms with van der Waals surface area (Å²) in [4.78, 5) is 17.8. The molecule has 1 atom stereocenters. The van der Waals surface area contributed by atoms with Crippen LogP contribution < -0.4 is 5.73 Å². The summed E-state index contributed by atoms with van der Waals surface area (Å²) in [5, 5.41) is 9.62. The van der Waals surface area contributed by atoms with Crippen molar-refractivity contribution in [2.75, 3.05) is 13.1 Å². The molecule has 2 heterocycles. The second-order valence-electron chi connectivity index (χ2n) is 4.86. The summed E-state index contributed by atoms with van der Waals surface area (Å²) in [6, 6.07) is 3.26. The quantitative estimate of drug-likeness (QED) is 0.819. The number of carbonyl (C=O) groups is 1. The number of carbonyl (C=O) groups excluding carboxylic acids is 1. The Hall–Kier alpha value is -1.62. The van der Waals surface area contributed by atoms with E-state index in [4.69, 9.17) is 5.73 Å². The molecule has 1 amide bonds. The minimum absolute atomic E-state index is 0.0585. The molecule has 5 nitrogen and oxygen atoms in total. The topological polar surface area (TPSA) is 79.5 Å². The first-order valence-corrected chi connectivity index (χ1v) is 6.28. The summed E-state index contributed by atoms with van der Waals surface area (Å²) in [7, 11) is 0. The van der Waals surface area contributed by atoms with E-state index in [9.17, 15) is 9.90 Å². The second-order valence-corrected chi connectivity index (χ2v) is 4.86. The van der Waals surface area contributed by atoms with Crippen LogP contribution in [0.4, 0.5) is 0 Å². The third-order valence-electron chi connectivity index (χ3n) is 3.56. The SMILES string of the molecule is CC(N)C1CCN(C(=O)c2ncccc2O)CC1. The van der Waals surface area contributed by atoms with Gasteiger partial charge in [-0.3, -0.25) is 4.79 Å². The van der Waals surface area contributed by atoms with Crippen LogP contribution in [-0.4, -0.2) is 40.0 Å². The number of hydrogen-bond donors (Lipinski definition) is 2. The summed E-state index contributed by atoms with van der Waals surface area (Å²) >= 11 is 0. The number of nitrogens with zero attached hydrogens (tertiary/aromatic N) is 2. The van der Waals surface area contributed by atoms with Crippen molar-refractivity contribution in [3.05, 3.63) is 24.0 Å². The van der Waals surface area contributed by atoms with Crippen molar-refractivity contribution in [1.29, 1.82) is 0 Å². The van der Waals surface area contributed by atoms with Gasteiger partial charge in [-0.15, -0.1) is 0 Å². The van der Waals surface area contributed by atoms with E-state index < -0.39 is 0 Å². The zero-order valence-electron chi connectivity index (χ0n) is 10.5. The van der Waals surface area contributed by atoms with Crippen LogP contribution in [0.25, 0.3) is 0 Å². The van der Waals surface area contributed by atoms with Gasteiger partial charge in [0.2, 0.25) is 0 Å². The summed E-state index contributed by atoms with van der Waals surface area (Å²) in [6.45, 7) is 3.37. The molecule has 5 heteroatoms. The van der Waals surface area contributed by atoms with Crippen molar-refractivity contribution in [3.63, 3.8) is 0 Å². The first-order chi connectivity index (χ1) is 8.59. The van der Waals surface area contributed by atoms with Gasteiger partial charge in [0, 0.05) is 25.3 Å². The number of likely N-dealkylation sites (tertiary alicyclic amines) is 1. The van der Waals surface area contributed by atoms with Crippen molar-refractivity contribution in [1.82, 2.24) is 9.88 Å². The molecule has 0 radical (unpaired) electrons. The Morgan fingerprint density at radius 2 is 2.22 bits per heavy atom. The van der Waals surface area contributed by atoms with Crippen molar-refractivity contribution in [2.45, 2.75) is 25.8 Å². The van der Waals surface area contributed by atoms with Crippen molar-refractivity contribution in [2.24, 2.45) is 11.7 Å². The maximum Gasteiger partial charge on any atom is 0.276 e. The van der Waals surface area contributed by atoms with E-state index in [0.29, 0.717) is 19.0 Å². The molecular weight excluding hydrogens is 230 g/mol. The molecule has 1 aromatic heterocycles. The third kappa shape index (κ3) is 2.61. The van der Waals surface area contributed by atoms with Gasteiger partial charge in [0.15, 0.2) is 5.69 Å². The number of amides is 1. The number of hydrogen-bond acceptors (Lipinski definition) is 4. The number of piperidine rings is 1. The predicted octanol–water partition coefficient (Wildman–Crippen LogP) is 0.987. The van der Waals surface area contributed by atoms with Gasteiger partial charge in [0.25, 0.3) is 5.91 Å². The lowest BCUT2D eigenvalue weighted by Gasteiger charge is -2.33. The lowest BCUT2D eigenvalue weighted by Crippen LogP contribution is -2.42. The average molecular weight is 249 g/mol. The van der Waals surface area contributed by atoms with Crippen LogP contribution in [0.5, 0.6) is 5.75 Å². The van der Waals surface area contributed by atoms with Gasteiger partial charge < -0.3 is 15.7 Å².